The van der Waals surface area contributed by atoms with Crippen molar-refractivity contribution >= 4 is 21.6 Å². The van der Waals surface area contributed by atoms with E-state index in [1.54, 1.807) is 17.5 Å². The Bertz CT molecular complexity index is 1510. The monoisotopic (exact) mass is 478 g/mol. The molecule has 0 aliphatic carbocycles. The summed E-state index contributed by atoms with van der Waals surface area (Å²) in [5, 5.41) is 1.16. The number of pyridine rings is 3. The van der Waals surface area contributed by atoms with Gasteiger partial charge in [0, 0.05) is 17.8 Å². The summed E-state index contributed by atoms with van der Waals surface area (Å²) < 4.78 is 1.22. The number of benzene rings is 1. The average molecular weight is 479 g/mol. The first kappa shape index (κ1) is 23.3. The molecule has 0 aliphatic rings. The highest BCUT2D eigenvalue weighted by Crippen LogP contribution is 2.35. The van der Waals surface area contributed by atoms with Crippen LogP contribution in [0.3, 0.4) is 0 Å². The molecule has 0 radical (unpaired) electrons. The van der Waals surface area contributed by atoms with Crippen LogP contribution in [-0.4, -0.2) is 19.9 Å². The Hall–Kier alpha value is -3.44. The predicted octanol–water partition coefficient (Wildman–Crippen LogP) is 8.08. The molecule has 0 saturated carbocycles. The summed E-state index contributed by atoms with van der Waals surface area (Å²) >= 11 is 1.77. The summed E-state index contributed by atoms with van der Waals surface area (Å²) in [6, 6.07) is 20.9. The van der Waals surface area contributed by atoms with Gasteiger partial charge in [-0.05, 0) is 70.6 Å². The van der Waals surface area contributed by atoms with Crippen LogP contribution in [0.15, 0.2) is 73.1 Å². The lowest BCUT2D eigenvalue weighted by Gasteiger charge is -2.21. The van der Waals surface area contributed by atoms with E-state index in [1.165, 1.54) is 10.3 Å². The highest BCUT2D eigenvalue weighted by Gasteiger charge is 2.20. The van der Waals surface area contributed by atoms with Crippen LogP contribution in [-0.2, 0) is 10.8 Å². The number of aromatic nitrogens is 4. The van der Waals surface area contributed by atoms with Gasteiger partial charge < -0.3 is 0 Å². The van der Waals surface area contributed by atoms with Gasteiger partial charge in [0.15, 0.2) is 0 Å². The van der Waals surface area contributed by atoms with E-state index in [-0.39, 0.29) is 10.8 Å². The van der Waals surface area contributed by atoms with Gasteiger partial charge in [-0.25, -0.2) is 9.97 Å². The van der Waals surface area contributed by atoms with E-state index < -0.39 is 0 Å². The van der Waals surface area contributed by atoms with Crippen molar-refractivity contribution in [2.24, 2.45) is 0 Å². The normalized spacial score (nSPS) is 12.3. The average Bonchev–Trinajstić information content (AvgIpc) is 3.28. The van der Waals surface area contributed by atoms with Crippen molar-refractivity contribution in [3.63, 3.8) is 0 Å². The Morgan fingerprint density at radius 1 is 0.600 bits per heavy atom. The lowest BCUT2D eigenvalue weighted by atomic mass is 9.86. The molecule has 4 nitrogen and oxygen atoms in total. The van der Waals surface area contributed by atoms with E-state index in [0.717, 1.165) is 44.4 Å². The lowest BCUT2D eigenvalue weighted by Crippen LogP contribution is -2.12. The Labute approximate surface area is 211 Å². The highest BCUT2D eigenvalue weighted by molar-refractivity contribution is 7.18. The van der Waals surface area contributed by atoms with E-state index in [0.29, 0.717) is 0 Å². The summed E-state index contributed by atoms with van der Waals surface area (Å²) in [4.78, 5) is 19.1. The molecule has 0 saturated heterocycles. The van der Waals surface area contributed by atoms with Crippen LogP contribution in [0.4, 0.5) is 0 Å². The van der Waals surface area contributed by atoms with Crippen molar-refractivity contribution < 1.29 is 0 Å². The molecule has 0 bridgehead atoms. The zero-order chi connectivity index (χ0) is 24.8. The van der Waals surface area contributed by atoms with Gasteiger partial charge in [0.1, 0.15) is 0 Å². The standard InChI is InChI=1S/C30H30N4S/c1-29(2,3)21-17-24(22-9-7-8-13-31-22)33-25(18-21)23-15-20(12-14-32-23)19-10-11-27-26(16-19)34-28(35-27)30(4,5)6/h7-18H,1-6H3. The number of hydrogen-bond donors (Lipinski definition) is 0. The number of fused-ring (bicyclic) bond motifs is 1. The van der Waals surface area contributed by atoms with Gasteiger partial charge in [-0.2, -0.15) is 0 Å². The summed E-state index contributed by atoms with van der Waals surface area (Å²) in [5.74, 6) is 0. The first-order chi connectivity index (χ1) is 16.6. The van der Waals surface area contributed by atoms with Crippen LogP contribution in [0.25, 0.3) is 44.1 Å². The quantitative estimate of drug-likeness (QED) is 0.263. The van der Waals surface area contributed by atoms with Gasteiger partial charge in [0.05, 0.1) is 38.0 Å². The molecule has 4 aromatic heterocycles. The molecule has 0 fully saturated rings. The predicted molar refractivity (Wildman–Crippen MR) is 147 cm³/mol. The zero-order valence-corrected chi connectivity index (χ0v) is 21.9. The molecule has 5 aromatic rings. The molecule has 176 valence electrons. The molecule has 35 heavy (non-hydrogen) atoms. The van der Waals surface area contributed by atoms with Gasteiger partial charge in [0.25, 0.3) is 0 Å². The zero-order valence-electron chi connectivity index (χ0n) is 21.1. The first-order valence-electron chi connectivity index (χ1n) is 11.9. The molecular weight excluding hydrogens is 448 g/mol. The summed E-state index contributed by atoms with van der Waals surface area (Å²) in [6.07, 6.45) is 3.67. The Balaban J connectivity index is 1.59. The van der Waals surface area contributed by atoms with Crippen LogP contribution in [0.1, 0.15) is 52.1 Å². The molecular formula is C30H30N4S. The minimum atomic E-state index is -0.0285. The third-order valence-corrected chi connectivity index (χ3v) is 7.47. The third-order valence-electron chi connectivity index (χ3n) is 6.00. The molecule has 0 spiro atoms. The van der Waals surface area contributed by atoms with Crippen molar-refractivity contribution in [3.8, 4) is 33.9 Å². The molecule has 5 heteroatoms. The second kappa shape index (κ2) is 8.65. The first-order valence-corrected chi connectivity index (χ1v) is 12.7. The number of nitrogens with zero attached hydrogens (tertiary/aromatic N) is 4. The summed E-state index contributed by atoms with van der Waals surface area (Å²) in [7, 11) is 0. The topological polar surface area (TPSA) is 51.6 Å². The Kier molecular flexibility index (Phi) is 5.76. The van der Waals surface area contributed by atoms with E-state index in [2.05, 4.69) is 89.0 Å². The van der Waals surface area contributed by atoms with E-state index in [1.807, 2.05) is 24.4 Å². The molecule has 0 aliphatic heterocycles. The molecule has 5 rings (SSSR count). The maximum absolute atomic E-state index is 4.97. The van der Waals surface area contributed by atoms with Gasteiger partial charge in [-0.3, -0.25) is 9.97 Å². The molecule has 0 atom stereocenters. The second-order valence-electron chi connectivity index (χ2n) is 11.0. The fourth-order valence-corrected chi connectivity index (χ4v) is 4.92. The van der Waals surface area contributed by atoms with Gasteiger partial charge in [-0.15, -0.1) is 11.3 Å². The second-order valence-corrected chi connectivity index (χ2v) is 12.0. The van der Waals surface area contributed by atoms with Crippen LogP contribution in [0, 0.1) is 0 Å². The molecule has 1 aromatic carbocycles. The molecule has 0 unspecified atom stereocenters. The fourth-order valence-electron chi connectivity index (χ4n) is 3.92. The summed E-state index contributed by atoms with van der Waals surface area (Å²) in [5.41, 5.74) is 7.91. The van der Waals surface area contributed by atoms with Crippen molar-refractivity contribution in [1.29, 1.82) is 0 Å². The Morgan fingerprint density at radius 3 is 2.00 bits per heavy atom. The van der Waals surface area contributed by atoms with E-state index in [4.69, 9.17) is 15.0 Å². The van der Waals surface area contributed by atoms with E-state index >= 15 is 0 Å². The van der Waals surface area contributed by atoms with Gasteiger partial charge >= 0.3 is 0 Å². The maximum atomic E-state index is 4.97. The number of thiazole rings is 1. The van der Waals surface area contributed by atoms with Crippen LogP contribution >= 0.6 is 11.3 Å². The Morgan fingerprint density at radius 2 is 1.31 bits per heavy atom. The molecule has 0 N–H and O–H groups in total. The maximum Gasteiger partial charge on any atom is 0.0992 e. The van der Waals surface area contributed by atoms with Crippen LogP contribution in [0.5, 0.6) is 0 Å². The summed E-state index contributed by atoms with van der Waals surface area (Å²) in [6.45, 7) is 13.3. The minimum absolute atomic E-state index is 0.0285. The van der Waals surface area contributed by atoms with Crippen molar-refractivity contribution in [2.75, 3.05) is 0 Å². The van der Waals surface area contributed by atoms with Crippen molar-refractivity contribution in [1.82, 2.24) is 19.9 Å². The SMILES string of the molecule is CC(C)(C)c1cc(-c2ccccn2)nc(-c2cc(-c3ccc4sc(C(C)(C)C)nc4c3)ccn2)c1. The van der Waals surface area contributed by atoms with Gasteiger partial charge in [-0.1, -0.05) is 53.7 Å². The molecule has 4 heterocycles. The van der Waals surface area contributed by atoms with Crippen molar-refractivity contribution in [3.05, 3.63) is 83.6 Å². The number of hydrogen-bond acceptors (Lipinski definition) is 5. The molecule has 0 amide bonds. The smallest absolute Gasteiger partial charge is 0.0992 e. The fraction of sp³-hybridized carbons (Fsp3) is 0.267. The van der Waals surface area contributed by atoms with Crippen LogP contribution < -0.4 is 0 Å². The lowest BCUT2D eigenvalue weighted by molar-refractivity contribution is 0.587. The van der Waals surface area contributed by atoms with Crippen molar-refractivity contribution in [2.45, 2.75) is 52.4 Å². The third kappa shape index (κ3) is 4.87. The highest BCUT2D eigenvalue weighted by atomic mass is 32.1. The van der Waals surface area contributed by atoms with E-state index in [9.17, 15) is 0 Å². The van der Waals surface area contributed by atoms with Gasteiger partial charge in [0.2, 0.25) is 0 Å². The number of rotatable bonds is 3. The minimum Gasteiger partial charge on any atom is -0.255 e. The van der Waals surface area contributed by atoms with Crippen LogP contribution in [0.2, 0.25) is 0 Å². The largest absolute Gasteiger partial charge is 0.255 e.